The standard InChI is InChI=1S/C34H40F4N6O/c1-23-17-29(34(36,37)38)28(20-39-23)33(45)40-31-19-26(6-8-32(31)44-15-9-41(2)10-16-44)27-18-25(5-7-30(27)35)22-43-13-11-42(12-14-43)21-24-3-4-24/h5-8,17-20,24,39H,1,3-4,9-16,21-22H2,2H3,(H,40,45). The Hall–Kier alpha value is -3.67. The summed E-state index contributed by atoms with van der Waals surface area (Å²) in [6.45, 7) is 12.3. The number of carbonyl (C=O) groups excluding carboxylic acids is 1. The molecule has 11 heteroatoms. The highest BCUT2D eigenvalue weighted by Gasteiger charge is 2.40. The zero-order chi connectivity index (χ0) is 31.7. The number of hydrogen-bond acceptors (Lipinski definition) is 6. The van der Waals surface area contributed by atoms with Gasteiger partial charge in [0.2, 0.25) is 0 Å². The molecule has 1 aliphatic carbocycles. The molecule has 2 aromatic rings. The molecule has 2 saturated heterocycles. The van der Waals surface area contributed by atoms with Crippen molar-refractivity contribution in [3.63, 3.8) is 0 Å². The lowest BCUT2D eigenvalue weighted by Gasteiger charge is -2.35. The fourth-order valence-electron chi connectivity index (χ4n) is 6.22. The normalized spacial score (nSPS) is 20.5. The summed E-state index contributed by atoms with van der Waals surface area (Å²) in [5.41, 5.74) is 1.31. The first-order chi connectivity index (χ1) is 21.5. The van der Waals surface area contributed by atoms with Crippen molar-refractivity contribution in [1.29, 1.82) is 0 Å². The molecule has 2 N–H and O–H groups in total. The molecule has 1 amide bonds. The monoisotopic (exact) mass is 624 g/mol. The van der Waals surface area contributed by atoms with Crippen molar-refractivity contribution in [3.8, 4) is 11.1 Å². The molecule has 0 aromatic heterocycles. The van der Waals surface area contributed by atoms with Gasteiger partial charge in [0.1, 0.15) is 5.82 Å². The lowest BCUT2D eigenvalue weighted by Crippen LogP contribution is -2.46. The molecule has 7 nitrogen and oxygen atoms in total. The van der Waals surface area contributed by atoms with E-state index in [9.17, 15) is 18.0 Å². The summed E-state index contributed by atoms with van der Waals surface area (Å²) in [4.78, 5) is 22.6. The lowest BCUT2D eigenvalue weighted by atomic mass is 9.99. The van der Waals surface area contributed by atoms with Crippen LogP contribution in [0.2, 0.25) is 0 Å². The van der Waals surface area contributed by atoms with Crippen LogP contribution in [0.25, 0.3) is 11.1 Å². The highest BCUT2D eigenvalue weighted by molar-refractivity contribution is 6.09. The molecule has 3 fully saturated rings. The van der Waals surface area contributed by atoms with Gasteiger partial charge in [-0.3, -0.25) is 9.69 Å². The fraction of sp³-hybridized carbons (Fsp3) is 0.441. The van der Waals surface area contributed by atoms with Crippen LogP contribution in [0.3, 0.4) is 0 Å². The van der Waals surface area contributed by atoms with Gasteiger partial charge in [-0.25, -0.2) is 4.39 Å². The number of piperazine rings is 2. The number of allylic oxidation sites excluding steroid dienone is 1. The maximum absolute atomic E-state index is 15.3. The number of carbonyl (C=O) groups is 1. The SMILES string of the molecule is C=C1C=C(C(F)(F)F)C(C(=O)Nc2cc(-c3cc(CN4CCN(CC5CC5)CC4)ccc3F)ccc2N2CCN(C)CC2)=CN1. The Balaban J connectivity index is 1.25. The zero-order valence-electron chi connectivity index (χ0n) is 25.6. The van der Waals surface area contributed by atoms with Crippen LogP contribution >= 0.6 is 0 Å². The van der Waals surface area contributed by atoms with Crippen molar-refractivity contribution >= 4 is 17.3 Å². The molecule has 3 heterocycles. The summed E-state index contributed by atoms with van der Waals surface area (Å²) < 4.78 is 56.9. The Morgan fingerprint density at radius 3 is 2.38 bits per heavy atom. The van der Waals surface area contributed by atoms with E-state index in [1.54, 1.807) is 12.1 Å². The third-order valence-corrected chi connectivity index (χ3v) is 9.08. The van der Waals surface area contributed by atoms with Crippen LogP contribution in [0.5, 0.6) is 0 Å². The van der Waals surface area contributed by atoms with Crippen LogP contribution in [0.1, 0.15) is 18.4 Å². The smallest absolute Gasteiger partial charge is 0.367 e. The van der Waals surface area contributed by atoms with E-state index >= 15 is 4.39 Å². The predicted molar refractivity (Wildman–Crippen MR) is 169 cm³/mol. The van der Waals surface area contributed by atoms with Gasteiger partial charge in [-0.15, -0.1) is 0 Å². The Kier molecular flexibility index (Phi) is 9.03. The second-order valence-corrected chi connectivity index (χ2v) is 12.6. The van der Waals surface area contributed by atoms with Crippen molar-refractivity contribution in [2.45, 2.75) is 25.6 Å². The van der Waals surface area contributed by atoms with Crippen LogP contribution in [-0.2, 0) is 11.3 Å². The third kappa shape index (κ3) is 7.59. The topological polar surface area (TPSA) is 54.1 Å². The van der Waals surface area contributed by atoms with Crippen molar-refractivity contribution < 1.29 is 22.4 Å². The summed E-state index contributed by atoms with van der Waals surface area (Å²) in [6.07, 6.45) is -0.215. The van der Waals surface area contributed by atoms with Gasteiger partial charge >= 0.3 is 6.18 Å². The molecule has 240 valence electrons. The van der Waals surface area contributed by atoms with Gasteiger partial charge in [0, 0.05) is 82.9 Å². The van der Waals surface area contributed by atoms with E-state index in [1.165, 1.54) is 25.5 Å². The number of benzene rings is 2. The maximum atomic E-state index is 15.3. The number of rotatable bonds is 8. The quantitative estimate of drug-likeness (QED) is 0.394. The summed E-state index contributed by atoms with van der Waals surface area (Å²) in [7, 11) is 2.02. The fourth-order valence-corrected chi connectivity index (χ4v) is 6.22. The molecule has 0 bridgehead atoms. The number of nitrogens with one attached hydrogen (secondary N) is 2. The van der Waals surface area contributed by atoms with Gasteiger partial charge in [-0.05, 0) is 67.3 Å². The van der Waals surface area contributed by atoms with E-state index in [0.29, 0.717) is 42.1 Å². The highest BCUT2D eigenvalue weighted by Crippen LogP contribution is 2.37. The Morgan fingerprint density at radius 2 is 1.69 bits per heavy atom. The average molecular weight is 625 g/mol. The van der Waals surface area contributed by atoms with Crippen LogP contribution in [0.15, 0.2) is 72.1 Å². The highest BCUT2D eigenvalue weighted by atomic mass is 19.4. The molecule has 45 heavy (non-hydrogen) atoms. The van der Waals surface area contributed by atoms with Gasteiger partial charge in [0.05, 0.1) is 22.5 Å². The molecule has 0 unspecified atom stereocenters. The first-order valence-electron chi connectivity index (χ1n) is 15.6. The third-order valence-electron chi connectivity index (χ3n) is 9.08. The minimum absolute atomic E-state index is 0.0366. The van der Waals surface area contributed by atoms with Crippen LogP contribution in [0.4, 0.5) is 28.9 Å². The average Bonchev–Trinajstić information content (AvgIpc) is 3.83. The van der Waals surface area contributed by atoms with E-state index < -0.39 is 29.0 Å². The summed E-state index contributed by atoms with van der Waals surface area (Å²) >= 11 is 0. The van der Waals surface area contributed by atoms with Crippen molar-refractivity contribution in [2.24, 2.45) is 5.92 Å². The van der Waals surface area contributed by atoms with E-state index in [4.69, 9.17) is 0 Å². The van der Waals surface area contributed by atoms with Gasteiger partial charge in [0.25, 0.3) is 5.91 Å². The van der Waals surface area contributed by atoms with Gasteiger partial charge < -0.3 is 25.3 Å². The summed E-state index contributed by atoms with van der Waals surface area (Å²) in [6, 6.07) is 10.4. The number of amides is 1. The second kappa shape index (κ2) is 13.0. The van der Waals surface area contributed by atoms with E-state index in [-0.39, 0.29) is 5.70 Å². The number of dihydropyridines is 1. The Bertz CT molecular complexity index is 1500. The lowest BCUT2D eigenvalue weighted by molar-refractivity contribution is -0.115. The number of alkyl halides is 3. The number of anilines is 2. The molecule has 2 aromatic carbocycles. The van der Waals surface area contributed by atoms with Crippen molar-refractivity contribution in [1.82, 2.24) is 20.0 Å². The number of halogens is 4. The number of hydrogen-bond donors (Lipinski definition) is 2. The molecule has 6 rings (SSSR count). The molecule has 0 spiro atoms. The van der Waals surface area contributed by atoms with E-state index in [1.807, 2.05) is 25.2 Å². The van der Waals surface area contributed by atoms with Crippen LogP contribution in [0, 0.1) is 11.7 Å². The minimum Gasteiger partial charge on any atom is -0.367 e. The minimum atomic E-state index is -4.75. The van der Waals surface area contributed by atoms with E-state index in [2.05, 4.69) is 36.8 Å². The van der Waals surface area contributed by atoms with Crippen molar-refractivity contribution in [3.05, 3.63) is 83.5 Å². The molecule has 0 atom stereocenters. The van der Waals surface area contributed by atoms with Crippen LogP contribution < -0.4 is 15.5 Å². The number of likely N-dealkylation sites (N-methyl/N-ethyl adjacent to an activating group) is 1. The zero-order valence-corrected chi connectivity index (χ0v) is 25.6. The number of nitrogens with zero attached hydrogens (tertiary/aromatic N) is 4. The molecular weight excluding hydrogens is 584 g/mol. The second-order valence-electron chi connectivity index (χ2n) is 12.6. The molecule has 3 aliphatic heterocycles. The molecule has 4 aliphatic rings. The Labute approximate surface area is 261 Å². The van der Waals surface area contributed by atoms with Gasteiger partial charge in [-0.1, -0.05) is 18.7 Å². The summed E-state index contributed by atoms with van der Waals surface area (Å²) in [5, 5.41) is 5.34. The van der Waals surface area contributed by atoms with Crippen LogP contribution in [-0.4, -0.2) is 92.7 Å². The van der Waals surface area contributed by atoms with Crippen molar-refractivity contribution in [2.75, 3.05) is 76.2 Å². The summed E-state index contributed by atoms with van der Waals surface area (Å²) in [5.74, 6) is -0.452. The van der Waals surface area contributed by atoms with E-state index in [0.717, 1.165) is 63.0 Å². The molecular formula is C34H40F4N6O. The van der Waals surface area contributed by atoms with Gasteiger partial charge in [0.15, 0.2) is 0 Å². The molecule has 1 saturated carbocycles. The van der Waals surface area contributed by atoms with Gasteiger partial charge in [-0.2, -0.15) is 13.2 Å². The first-order valence-corrected chi connectivity index (χ1v) is 15.6. The largest absolute Gasteiger partial charge is 0.417 e. The first kappa shape index (κ1) is 31.3. The molecule has 0 radical (unpaired) electrons. The Morgan fingerprint density at radius 1 is 0.978 bits per heavy atom. The maximum Gasteiger partial charge on any atom is 0.417 e. The predicted octanol–water partition coefficient (Wildman–Crippen LogP) is 5.20.